The second-order valence-electron chi connectivity index (χ2n) is 8.11. The van der Waals surface area contributed by atoms with Crippen molar-refractivity contribution in [2.24, 2.45) is 0 Å². The Morgan fingerprint density at radius 1 is 0.844 bits per heavy atom. The molecule has 14 heteroatoms. The third-order valence-corrected chi connectivity index (χ3v) is 9.26. The first-order chi connectivity index (χ1) is 14.6. The molecule has 0 atom stereocenters. The van der Waals surface area contributed by atoms with Gasteiger partial charge in [0.2, 0.25) is 0 Å². The Morgan fingerprint density at radius 3 is 1.56 bits per heavy atom. The van der Waals surface area contributed by atoms with E-state index in [0.717, 1.165) is 22.8 Å². The normalized spacial score (nSPS) is 13.3. The highest BCUT2D eigenvalue weighted by molar-refractivity contribution is 7.72. The fraction of sp³-hybridized carbons (Fsp3) is 0.667. The minimum Gasteiger partial charge on any atom is -0.368 e. The molecule has 0 saturated heterocycles. The Kier molecular flexibility index (Phi) is 8.63. The van der Waals surface area contributed by atoms with Crippen molar-refractivity contribution in [3.63, 3.8) is 0 Å². The van der Waals surface area contributed by atoms with E-state index in [1.54, 1.807) is 0 Å². The van der Waals surface area contributed by atoms with Gasteiger partial charge in [0, 0.05) is 30.9 Å². The van der Waals surface area contributed by atoms with E-state index in [1.807, 2.05) is 54.1 Å². The maximum absolute atomic E-state index is 11.6. The van der Waals surface area contributed by atoms with Gasteiger partial charge >= 0.3 is 15.2 Å². The number of nitrogens with zero attached hydrogens (tertiary/aromatic N) is 5. The Bertz CT molecular complexity index is 937. The Morgan fingerprint density at radius 2 is 1.25 bits per heavy atom. The summed E-state index contributed by atoms with van der Waals surface area (Å²) in [5.74, 6) is 0. The van der Waals surface area contributed by atoms with Crippen molar-refractivity contribution in [1.82, 2.24) is 24.5 Å². The fourth-order valence-corrected chi connectivity index (χ4v) is 5.87. The van der Waals surface area contributed by atoms with Crippen LogP contribution < -0.4 is 0 Å². The molecule has 0 bridgehead atoms. The summed E-state index contributed by atoms with van der Waals surface area (Å²) in [6.45, 7) is 10.2. The molecule has 2 aromatic heterocycles. The van der Waals surface area contributed by atoms with E-state index in [1.165, 1.54) is 0 Å². The second-order valence-corrected chi connectivity index (χ2v) is 12.1. The average Bonchev–Trinajstić information content (AvgIpc) is 3.14. The lowest BCUT2D eigenvalue weighted by Gasteiger charge is -2.30. The van der Waals surface area contributed by atoms with Gasteiger partial charge in [0.1, 0.15) is 0 Å². The zero-order valence-corrected chi connectivity index (χ0v) is 20.6. The molecule has 2 rings (SSSR count). The molecule has 0 radical (unpaired) electrons. The van der Waals surface area contributed by atoms with Gasteiger partial charge in [-0.25, -0.2) is 0 Å². The number of rotatable bonds is 12. The van der Waals surface area contributed by atoms with Crippen LogP contribution in [0, 0.1) is 27.7 Å². The number of hydrogen-bond donors (Lipinski definition) is 5. The third kappa shape index (κ3) is 6.59. The van der Waals surface area contributed by atoms with Gasteiger partial charge < -0.3 is 24.7 Å². The monoisotopic (exact) mass is 493 g/mol. The lowest BCUT2D eigenvalue weighted by molar-refractivity contribution is 0.115. The van der Waals surface area contributed by atoms with Crippen LogP contribution in [0.15, 0.2) is 12.1 Å². The third-order valence-electron chi connectivity index (χ3n) is 5.38. The summed E-state index contributed by atoms with van der Waals surface area (Å²) < 4.78 is 26.9. The summed E-state index contributed by atoms with van der Waals surface area (Å²) in [4.78, 5) is 39.4. The molecule has 2 heterocycles. The lowest BCUT2D eigenvalue weighted by Crippen LogP contribution is -2.35. The van der Waals surface area contributed by atoms with Crippen LogP contribution in [-0.4, -0.2) is 73.9 Å². The quantitative estimate of drug-likeness (QED) is 0.269. The predicted octanol–water partition coefficient (Wildman–Crippen LogP) is 1.10. The Hall–Kier alpha value is -1.36. The van der Waals surface area contributed by atoms with Gasteiger partial charge in [0.05, 0.1) is 24.5 Å². The molecule has 2 aromatic rings. The Balaban J connectivity index is 2.08. The highest BCUT2D eigenvalue weighted by Crippen LogP contribution is 2.69. The summed E-state index contributed by atoms with van der Waals surface area (Å²) >= 11 is 0. The molecular weight excluding hydrogens is 460 g/mol. The number of aliphatic hydroxyl groups is 1. The molecule has 0 aromatic carbocycles. The van der Waals surface area contributed by atoms with E-state index >= 15 is 0 Å². The molecule has 0 saturated carbocycles. The summed E-state index contributed by atoms with van der Waals surface area (Å²) in [5.41, 5.74) is 3.78. The van der Waals surface area contributed by atoms with E-state index < -0.39 is 26.7 Å². The first-order valence-corrected chi connectivity index (χ1v) is 13.4. The van der Waals surface area contributed by atoms with Crippen LogP contribution in [-0.2, 0) is 22.2 Å². The zero-order valence-electron chi connectivity index (χ0n) is 18.8. The second kappa shape index (κ2) is 10.3. The van der Waals surface area contributed by atoms with E-state index in [2.05, 4.69) is 10.2 Å². The molecule has 0 aliphatic heterocycles. The lowest BCUT2D eigenvalue weighted by atomic mass is 10.3. The first kappa shape index (κ1) is 26.9. The van der Waals surface area contributed by atoms with Crippen molar-refractivity contribution >= 4 is 15.2 Å². The molecule has 32 heavy (non-hydrogen) atoms. The first-order valence-electron chi connectivity index (χ1n) is 10.2. The van der Waals surface area contributed by atoms with Crippen molar-refractivity contribution in [3.8, 4) is 0 Å². The summed E-state index contributed by atoms with van der Waals surface area (Å²) in [7, 11) is -10.9. The van der Waals surface area contributed by atoms with Gasteiger partial charge in [0.25, 0.3) is 5.08 Å². The topological polar surface area (TPSA) is 174 Å². The standard InChI is InChI=1S/C18H33N5O7P2/c1-14-12-16(3)22(19-14)10-8-21(9-11-23-17(4)13-15(2)20-23)7-5-6-18(24,31(25,26)27)32(28,29)30/h12-13,24H,5-11H2,1-4H3,(H2,25,26,27)(H2,28,29,30). The van der Waals surface area contributed by atoms with Crippen LogP contribution in [0.3, 0.4) is 0 Å². The highest BCUT2D eigenvalue weighted by atomic mass is 31.2. The van der Waals surface area contributed by atoms with Gasteiger partial charge in [-0.15, -0.1) is 0 Å². The Labute approximate surface area is 187 Å². The number of hydrogen-bond acceptors (Lipinski definition) is 6. The SMILES string of the molecule is Cc1cc(C)n(CCN(CCCC(O)(P(=O)(O)O)P(=O)(O)O)CCn2nc(C)cc2C)n1. The van der Waals surface area contributed by atoms with Gasteiger partial charge in [0.15, 0.2) is 0 Å². The molecule has 182 valence electrons. The van der Waals surface area contributed by atoms with Crippen LogP contribution in [0.1, 0.15) is 35.6 Å². The zero-order chi connectivity index (χ0) is 24.3. The van der Waals surface area contributed by atoms with E-state index in [9.17, 15) is 33.8 Å². The van der Waals surface area contributed by atoms with Crippen LogP contribution in [0.25, 0.3) is 0 Å². The highest BCUT2D eigenvalue weighted by Gasteiger charge is 2.58. The number of aromatic nitrogens is 4. The smallest absolute Gasteiger partial charge is 0.368 e. The van der Waals surface area contributed by atoms with Gasteiger partial charge in [-0.3, -0.25) is 23.4 Å². The minimum atomic E-state index is -5.46. The van der Waals surface area contributed by atoms with E-state index in [0.29, 0.717) is 26.2 Å². The summed E-state index contributed by atoms with van der Waals surface area (Å²) in [6, 6.07) is 3.92. The van der Waals surface area contributed by atoms with Crippen molar-refractivity contribution in [2.45, 2.75) is 58.7 Å². The van der Waals surface area contributed by atoms with Crippen LogP contribution >= 0.6 is 15.2 Å². The summed E-state index contributed by atoms with van der Waals surface area (Å²) in [6.07, 6.45) is -0.765. The van der Waals surface area contributed by atoms with Crippen molar-refractivity contribution in [1.29, 1.82) is 0 Å². The molecule has 0 amide bonds. The molecule has 0 fully saturated rings. The van der Waals surface area contributed by atoms with Crippen molar-refractivity contribution in [2.75, 3.05) is 19.6 Å². The van der Waals surface area contributed by atoms with Crippen molar-refractivity contribution in [3.05, 3.63) is 34.9 Å². The van der Waals surface area contributed by atoms with Crippen molar-refractivity contribution < 1.29 is 33.8 Å². The van der Waals surface area contributed by atoms with Crippen LogP contribution in [0.4, 0.5) is 0 Å². The molecule has 12 nitrogen and oxygen atoms in total. The molecule has 0 aliphatic rings. The average molecular weight is 493 g/mol. The van der Waals surface area contributed by atoms with Gasteiger partial charge in [-0.05, 0) is 52.8 Å². The maximum atomic E-state index is 11.6. The van der Waals surface area contributed by atoms with Crippen LogP contribution in [0.2, 0.25) is 0 Å². The number of aryl methyl sites for hydroxylation is 4. The fourth-order valence-electron chi connectivity index (χ4n) is 3.61. The van der Waals surface area contributed by atoms with E-state index in [-0.39, 0.29) is 13.0 Å². The molecule has 0 spiro atoms. The molecular formula is C18H33N5O7P2. The minimum absolute atomic E-state index is 0.0268. The maximum Gasteiger partial charge on any atom is 0.369 e. The van der Waals surface area contributed by atoms with Crippen LogP contribution in [0.5, 0.6) is 0 Å². The largest absolute Gasteiger partial charge is 0.369 e. The summed E-state index contributed by atoms with van der Waals surface area (Å²) in [5, 5.41) is 15.6. The van der Waals surface area contributed by atoms with E-state index in [4.69, 9.17) is 0 Å². The molecule has 0 aliphatic carbocycles. The van der Waals surface area contributed by atoms with Gasteiger partial charge in [-0.1, -0.05) is 0 Å². The van der Waals surface area contributed by atoms with Gasteiger partial charge in [-0.2, -0.15) is 10.2 Å². The molecule has 5 N–H and O–H groups in total. The predicted molar refractivity (Wildman–Crippen MR) is 118 cm³/mol. The molecule has 0 unspecified atom stereocenters.